The Morgan fingerprint density at radius 3 is 2.38 bits per heavy atom. The average molecular weight is 235 g/mol. The van der Waals surface area contributed by atoms with Crippen LogP contribution in [-0.4, -0.2) is 10.3 Å². The van der Waals surface area contributed by atoms with Crippen LogP contribution < -0.4 is 0 Å². The highest BCUT2D eigenvalue weighted by atomic mass is 19.4. The van der Waals surface area contributed by atoms with Crippen LogP contribution in [0.4, 0.5) is 13.2 Å². The summed E-state index contributed by atoms with van der Waals surface area (Å²) < 4.78 is 41.0. The molecule has 0 unspecified atom stereocenters. The fraction of sp³-hybridized carbons (Fsp3) is 0.700. The number of aliphatic hydroxyl groups is 1. The number of nitrogens with zero attached hydrogens (tertiary/aromatic N) is 1. The molecule has 1 aromatic heterocycles. The molecule has 1 aliphatic rings. The molecule has 1 aliphatic carbocycles. The van der Waals surface area contributed by atoms with E-state index in [2.05, 4.69) is 9.68 Å². The van der Waals surface area contributed by atoms with Crippen LogP contribution in [0.3, 0.4) is 0 Å². The summed E-state index contributed by atoms with van der Waals surface area (Å²) in [6, 6.07) is 0.797. The number of aromatic nitrogens is 1. The van der Waals surface area contributed by atoms with Gasteiger partial charge in [-0.25, -0.2) is 0 Å². The minimum absolute atomic E-state index is 0.000440. The minimum Gasteiger partial charge on any atom is -0.383 e. The predicted octanol–water partition coefficient (Wildman–Crippen LogP) is 2.85. The van der Waals surface area contributed by atoms with Gasteiger partial charge < -0.3 is 9.63 Å². The fourth-order valence-electron chi connectivity index (χ4n) is 2.02. The van der Waals surface area contributed by atoms with Crippen molar-refractivity contribution >= 4 is 0 Å². The monoisotopic (exact) mass is 235 g/mol. The van der Waals surface area contributed by atoms with E-state index in [1.807, 2.05) is 0 Å². The lowest BCUT2D eigenvalue weighted by molar-refractivity contribution is -0.155. The molecular weight excluding hydrogens is 223 g/mol. The van der Waals surface area contributed by atoms with Crippen molar-refractivity contribution in [2.45, 2.75) is 43.9 Å². The molecular formula is C10H12F3NO2. The molecule has 1 fully saturated rings. The SMILES string of the molecule is OC1(c2cc(C(F)(F)F)on2)CCCCC1. The number of alkyl halides is 3. The molecule has 0 amide bonds. The zero-order valence-electron chi connectivity index (χ0n) is 8.55. The third-order valence-electron chi connectivity index (χ3n) is 2.95. The van der Waals surface area contributed by atoms with Gasteiger partial charge in [0.1, 0.15) is 11.3 Å². The maximum absolute atomic E-state index is 12.3. The zero-order valence-corrected chi connectivity index (χ0v) is 8.55. The smallest absolute Gasteiger partial charge is 0.383 e. The molecule has 0 atom stereocenters. The van der Waals surface area contributed by atoms with E-state index in [4.69, 9.17) is 0 Å². The highest BCUT2D eigenvalue weighted by molar-refractivity contribution is 5.16. The van der Waals surface area contributed by atoms with Crippen LogP contribution in [0.1, 0.15) is 43.6 Å². The first-order valence-corrected chi connectivity index (χ1v) is 5.19. The molecule has 0 bridgehead atoms. The second kappa shape index (κ2) is 3.76. The Kier molecular flexibility index (Phi) is 2.69. The highest BCUT2D eigenvalue weighted by Crippen LogP contribution is 2.38. The highest BCUT2D eigenvalue weighted by Gasteiger charge is 2.40. The molecule has 2 rings (SSSR count). The lowest BCUT2D eigenvalue weighted by Crippen LogP contribution is -2.28. The van der Waals surface area contributed by atoms with Crippen LogP contribution in [0.5, 0.6) is 0 Å². The van der Waals surface area contributed by atoms with Crippen LogP contribution in [0.25, 0.3) is 0 Å². The quantitative estimate of drug-likeness (QED) is 0.814. The van der Waals surface area contributed by atoms with Crippen LogP contribution in [-0.2, 0) is 11.8 Å². The third kappa shape index (κ3) is 2.07. The van der Waals surface area contributed by atoms with Gasteiger partial charge in [0, 0.05) is 6.07 Å². The van der Waals surface area contributed by atoms with Gasteiger partial charge in [0.05, 0.1) is 0 Å². The molecule has 0 saturated heterocycles. The molecule has 3 nitrogen and oxygen atoms in total. The molecule has 16 heavy (non-hydrogen) atoms. The molecule has 0 aliphatic heterocycles. The maximum atomic E-state index is 12.3. The lowest BCUT2D eigenvalue weighted by atomic mass is 9.82. The minimum atomic E-state index is -4.55. The van der Waals surface area contributed by atoms with E-state index in [1.54, 1.807) is 0 Å². The van der Waals surface area contributed by atoms with Crippen LogP contribution >= 0.6 is 0 Å². The van der Waals surface area contributed by atoms with Gasteiger partial charge >= 0.3 is 6.18 Å². The summed E-state index contributed by atoms with van der Waals surface area (Å²) in [6.07, 6.45) is -1.08. The van der Waals surface area contributed by atoms with Gasteiger partial charge in [-0.05, 0) is 12.8 Å². The lowest BCUT2D eigenvalue weighted by Gasteiger charge is -2.29. The van der Waals surface area contributed by atoms with Crippen LogP contribution in [0.2, 0.25) is 0 Å². The molecule has 0 spiro atoms. The van der Waals surface area contributed by atoms with E-state index in [1.165, 1.54) is 0 Å². The summed E-state index contributed by atoms with van der Waals surface area (Å²) in [4.78, 5) is 0. The van der Waals surface area contributed by atoms with Crippen molar-refractivity contribution in [3.05, 3.63) is 17.5 Å². The predicted molar refractivity (Wildman–Crippen MR) is 48.5 cm³/mol. The largest absolute Gasteiger partial charge is 0.452 e. The summed E-state index contributed by atoms with van der Waals surface area (Å²) in [5.41, 5.74) is -1.25. The summed E-state index contributed by atoms with van der Waals surface area (Å²) in [7, 11) is 0. The van der Waals surface area contributed by atoms with Gasteiger partial charge in [0.15, 0.2) is 0 Å². The summed E-state index contributed by atoms with van der Waals surface area (Å²) in [5.74, 6) is -1.15. The van der Waals surface area contributed by atoms with E-state index in [9.17, 15) is 18.3 Å². The third-order valence-corrected chi connectivity index (χ3v) is 2.95. The number of halogens is 3. The number of hydrogen-bond donors (Lipinski definition) is 1. The first-order chi connectivity index (χ1) is 7.42. The van der Waals surface area contributed by atoms with E-state index in [0.29, 0.717) is 12.8 Å². The van der Waals surface area contributed by atoms with Gasteiger partial charge in [0.2, 0.25) is 5.76 Å². The van der Waals surface area contributed by atoms with Gasteiger partial charge in [-0.3, -0.25) is 0 Å². The fourth-order valence-corrected chi connectivity index (χ4v) is 2.02. The van der Waals surface area contributed by atoms with Gasteiger partial charge in [-0.2, -0.15) is 13.2 Å². The van der Waals surface area contributed by atoms with E-state index < -0.39 is 17.5 Å². The Hall–Kier alpha value is -1.04. The van der Waals surface area contributed by atoms with E-state index in [-0.39, 0.29) is 5.69 Å². The summed E-state index contributed by atoms with van der Waals surface area (Å²) in [5, 5.41) is 13.5. The number of rotatable bonds is 1. The first kappa shape index (κ1) is 11.4. The standard InChI is InChI=1S/C10H12F3NO2/c11-10(12,13)8-6-7(14-16-8)9(15)4-2-1-3-5-9/h6,15H,1-5H2. The average Bonchev–Trinajstić information content (AvgIpc) is 2.67. The Labute approximate surface area is 90.2 Å². The Morgan fingerprint density at radius 1 is 1.25 bits per heavy atom. The molecule has 1 saturated carbocycles. The zero-order chi connectivity index (χ0) is 11.8. The topological polar surface area (TPSA) is 46.3 Å². The van der Waals surface area contributed by atoms with Crippen molar-refractivity contribution in [3.63, 3.8) is 0 Å². The van der Waals surface area contributed by atoms with Crippen molar-refractivity contribution in [3.8, 4) is 0 Å². The van der Waals surface area contributed by atoms with Gasteiger partial charge in [0.25, 0.3) is 0 Å². The Bertz CT molecular complexity index is 366. The van der Waals surface area contributed by atoms with Gasteiger partial charge in [-0.1, -0.05) is 24.4 Å². The first-order valence-electron chi connectivity index (χ1n) is 5.19. The second-order valence-corrected chi connectivity index (χ2v) is 4.17. The molecule has 1 N–H and O–H groups in total. The normalized spacial score (nSPS) is 21.0. The van der Waals surface area contributed by atoms with Crippen LogP contribution in [0.15, 0.2) is 10.6 Å². The molecule has 0 aromatic carbocycles. The maximum Gasteiger partial charge on any atom is 0.452 e. The molecule has 1 aromatic rings. The molecule has 90 valence electrons. The van der Waals surface area contributed by atoms with Crippen molar-refractivity contribution in [2.75, 3.05) is 0 Å². The van der Waals surface area contributed by atoms with Crippen molar-refractivity contribution < 1.29 is 22.8 Å². The second-order valence-electron chi connectivity index (χ2n) is 4.17. The van der Waals surface area contributed by atoms with E-state index in [0.717, 1.165) is 25.3 Å². The van der Waals surface area contributed by atoms with Crippen molar-refractivity contribution in [2.24, 2.45) is 0 Å². The van der Waals surface area contributed by atoms with Crippen LogP contribution in [0, 0.1) is 0 Å². The molecule has 0 radical (unpaired) electrons. The number of hydrogen-bond acceptors (Lipinski definition) is 3. The van der Waals surface area contributed by atoms with Crippen molar-refractivity contribution in [1.29, 1.82) is 0 Å². The summed E-state index contributed by atoms with van der Waals surface area (Å²) in [6.45, 7) is 0. The molecule has 6 heteroatoms. The molecule has 1 heterocycles. The van der Waals surface area contributed by atoms with Gasteiger partial charge in [-0.15, -0.1) is 0 Å². The Balaban J connectivity index is 2.24. The van der Waals surface area contributed by atoms with E-state index >= 15 is 0 Å². The summed E-state index contributed by atoms with van der Waals surface area (Å²) >= 11 is 0. The van der Waals surface area contributed by atoms with Crippen molar-refractivity contribution in [1.82, 2.24) is 5.16 Å². The Morgan fingerprint density at radius 2 is 1.88 bits per heavy atom.